The van der Waals surface area contributed by atoms with Crippen LogP contribution >= 0.6 is 35.6 Å². The van der Waals surface area contributed by atoms with Crippen molar-refractivity contribution >= 4 is 47.6 Å². The van der Waals surface area contributed by atoms with Crippen molar-refractivity contribution in [3.05, 3.63) is 34.9 Å². The maximum absolute atomic E-state index is 11.7. The minimum Gasteiger partial charge on any atom is -0.444 e. The van der Waals surface area contributed by atoms with Gasteiger partial charge < -0.3 is 25.4 Å². The summed E-state index contributed by atoms with van der Waals surface area (Å²) >= 11 is 6.51. The molecule has 1 saturated heterocycles. The van der Waals surface area contributed by atoms with Crippen molar-refractivity contribution < 1.29 is 14.3 Å². The zero-order valence-corrected chi connectivity index (χ0v) is 21.3. The monoisotopic (exact) mass is 552 g/mol. The van der Waals surface area contributed by atoms with E-state index < -0.39 is 11.7 Å². The molecule has 1 aliphatic heterocycles. The third kappa shape index (κ3) is 8.47. The number of benzene rings is 1. The lowest BCUT2D eigenvalue weighted by Gasteiger charge is -2.38. The highest BCUT2D eigenvalue weighted by Crippen LogP contribution is 2.38. The molecule has 1 aromatic carbocycles. The Labute approximate surface area is 201 Å². The molecule has 1 aliphatic rings. The van der Waals surface area contributed by atoms with Gasteiger partial charge in [-0.05, 0) is 45.2 Å². The van der Waals surface area contributed by atoms with E-state index in [-0.39, 0.29) is 29.4 Å². The van der Waals surface area contributed by atoms with Crippen LogP contribution in [0.3, 0.4) is 0 Å². The number of carbonyl (C=O) groups is 1. The fourth-order valence-electron chi connectivity index (χ4n) is 3.33. The van der Waals surface area contributed by atoms with E-state index in [4.69, 9.17) is 21.1 Å². The first-order valence-electron chi connectivity index (χ1n) is 10.00. The number of ether oxygens (including phenoxy) is 2. The molecule has 1 heterocycles. The number of nitrogens with one attached hydrogen (secondary N) is 3. The quantitative estimate of drug-likeness (QED) is 0.217. The maximum Gasteiger partial charge on any atom is 0.407 e. The smallest absolute Gasteiger partial charge is 0.407 e. The molecule has 1 fully saturated rings. The lowest BCUT2D eigenvalue weighted by Crippen LogP contribution is -2.49. The number of guanidine groups is 1. The summed E-state index contributed by atoms with van der Waals surface area (Å²) in [5.41, 5.74) is 0.522. The molecule has 170 valence electrons. The molecular weight excluding hydrogens is 519 g/mol. The molecule has 0 aliphatic carbocycles. The summed E-state index contributed by atoms with van der Waals surface area (Å²) in [5, 5.41) is 10.1. The van der Waals surface area contributed by atoms with E-state index in [1.165, 1.54) is 0 Å². The highest BCUT2D eigenvalue weighted by Gasteiger charge is 2.36. The van der Waals surface area contributed by atoms with E-state index in [1.54, 1.807) is 7.05 Å². The number of aliphatic imine (C=N–C) groups is 1. The largest absolute Gasteiger partial charge is 0.444 e. The van der Waals surface area contributed by atoms with Crippen molar-refractivity contribution in [2.45, 2.75) is 44.6 Å². The standard InChI is InChI=1S/C21H33ClN4O3.HI/c1-20(2,3)29-19(27)25-12-11-24-18(23-4)26-15-21(9-13-28-14-10-21)16-7-5-6-8-17(16)22;/h5-8H,9-15H2,1-4H3,(H,25,27)(H2,23,24,26);1H. The molecule has 30 heavy (non-hydrogen) atoms. The van der Waals surface area contributed by atoms with Crippen molar-refractivity contribution in [2.24, 2.45) is 4.99 Å². The van der Waals surface area contributed by atoms with Gasteiger partial charge in [0.25, 0.3) is 0 Å². The van der Waals surface area contributed by atoms with Crippen LogP contribution in [0.2, 0.25) is 5.02 Å². The average molecular weight is 553 g/mol. The van der Waals surface area contributed by atoms with Gasteiger partial charge >= 0.3 is 6.09 Å². The fourth-order valence-corrected chi connectivity index (χ4v) is 3.66. The highest BCUT2D eigenvalue weighted by atomic mass is 127. The zero-order valence-electron chi connectivity index (χ0n) is 18.2. The molecule has 0 spiro atoms. The lowest BCUT2D eigenvalue weighted by atomic mass is 9.74. The Morgan fingerprint density at radius 2 is 1.80 bits per heavy atom. The maximum atomic E-state index is 11.7. The van der Waals surface area contributed by atoms with Gasteiger partial charge in [-0.2, -0.15) is 0 Å². The Morgan fingerprint density at radius 1 is 1.17 bits per heavy atom. The SMILES string of the molecule is CN=C(NCCNC(=O)OC(C)(C)C)NCC1(c2ccccc2Cl)CCOCC1.I. The number of amides is 1. The number of carbonyl (C=O) groups excluding carboxylic acids is 1. The predicted molar refractivity (Wildman–Crippen MR) is 132 cm³/mol. The van der Waals surface area contributed by atoms with Crippen molar-refractivity contribution in [2.75, 3.05) is 39.9 Å². The van der Waals surface area contributed by atoms with Crippen molar-refractivity contribution in [3.8, 4) is 0 Å². The van der Waals surface area contributed by atoms with E-state index >= 15 is 0 Å². The van der Waals surface area contributed by atoms with Crippen LogP contribution < -0.4 is 16.0 Å². The molecule has 3 N–H and O–H groups in total. The Hall–Kier alpha value is -1.26. The van der Waals surface area contributed by atoms with Gasteiger partial charge in [0, 0.05) is 50.3 Å². The van der Waals surface area contributed by atoms with Crippen molar-refractivity contribution in [3.63, 3.8) is 0 Å². The van der Waals surface area contributed by atoms with Gasteiger partial charge in [-0.1, -0.05) is 29.8 Å². The molecule has 0 bridgehead atoms. The molecule has 0 atom stereocenters. The molecule has 7 nitrogen and oxygen atoms in total. The molecule has 0 radical (unpaired) electrons. The van der Waals surface area contributed by atoms with Gasteiger partial charge in [0.15, 0.2) is 5.96 Å². The minimum absolute atomic E-state index is 0. The number of alkyl carbamates (subject to hydrolysis) is 1. The Balaban J connectivity index is 0.00000450. The van der Waals surface area contributed by atoms with Gasteiger partial charge in [-0.15, -0.1) is 24.0 Å². The number of nitrogens with zero attached hydrogens (tertiary/aromatic N) is 1. The van der Waals surface area contributed by atoms with Gasteiger partial charge in [-0.3, -0.25) is 4.99 Å². The van der Waals surface area contributed by atoms with Crippen LogP contribution in [0.1, 0.15) is 39.2 Å². The Morgan fingerprint density at radius 3 is 2.40 bits per heavy atom. The van der Waals surface area contributed by atoms with Crippen LogP contribution in [0.25, 0.3) is 0 Å². The van der Waals surface area contributed by atoms with Gasteiger partial charge in [0.1, 0.15) is 5.60 Å². The number of hydrogen-bond acceptors (Lipinski definition) is 4. The Kier molecular flexibility index (Phi) is 11.2. The molecule has 1 aromatic rings. The van der Waals surface area contributed by atoms with Crippen LogP contribution in [0.15, 0.2) is 29.3 Å². The fraction of sp³-hybridized carbons (Fsp3) is 0.619. The molecular formula is C21H34ClIN4O3. The minimum atomic E-state index is -0.508. The number of hydrogen-bond donors (Lipinski definition) is 3. The Bertz CT molecular complexity index is 704. The zero-order chi connectivity index (χ0) is 21.3. The number of rotatable bonds is 6. The van der Waals surface area contributed by atoms with E-state index in [1.807, 2.05) is 39.0 Å². The van der Waals surface area contributed by atoms with Crippen LogP contribution in [0, 0.1) is 0 Å². The first-order chi connectivity index (χ1) is 13.8. The first-order valence-corrected chi connectivity index (χ1v) is 10.4. The summed E-state index contributed by atoms with van der Waals surface area (Å²) in [6, 6.07) is 8.00. The highest BCUT2D eigenvalue weighted by molar-refractivity contribution is 14.0. The number of halogens is 2. The normalized spacial score (nSPS) is 16.2. The second kappa shape index (κ2) is 12.6. The van der Waals surface area contributed by atoms with Crippen LogP contribution in [0.5, 0.6) is 0 Å². The predicted octanol–water partition coefficient (Wildman–Crippen LogP) is 3.70. The summed E-state index contributed by atoms with van der Waals surface area (Å²) in [6.45, 7) is 8.57. The van der Waals surface area contributed by atoms with E-state index in [2.05, 4.69) is 27.0 Å². The molecule has 0 aromatic heterocycles. The topological polar surface area (TPSA) is 84.0 Å². The summed E-state index contributed by atoms with van der Waals surface area (Å²) in [5.74, 6) is 0.675. The summed E-state index contributed by atoms with van der Waals surface area (Å²) < 4.78 is 10.8. The third-order valence-electron chi connectivity index (χ3n) is 4.80. The van der Waals surface area contributed by atoms with E-state index in [9.17, 15) is 4.79 Å². The molecule has 0 saturated carbocycles. The van der Waals surface area contributed by atoms with Crippen molar-refractivity contribution in [1.29, 1.82) is 0 Å². The van der Waals surface area contributed by atoms with Crippen LogP contribution in [0.4, 0.5) is 4.79 Å². The molecule has 9 heteroatoms. The lowest BCUT2D eigenvalue weighted by molar-refractivity contribution is 0.0514. The van der Waals surface area contributed by atoms with Gasteiger partial charge in [0.2, 0.25) is 0 Å². The van der Waals surface area contributed by atoms with Crippen molar-refractivity contribution in [1.82, 2.24) is 16.0 Å². The van der Waals surface area contributed by atoms with Gasteiger partial charge in [-0.25, -0.2) is 4.79 Å². The molecule has 0 unspecified atom stereocenters. The van der Waals surface area contributed by atoms with E-state index in [0.717, 1.165) is 23.4 Å². The van der Waals surface area contributed by atoms with Gasteiger partial charge in [0.05, 0.1) is 0 Å². The third-order valence-corrected chi connectivity index (χ3v) is 5.13. The van der Waals surface area contributed by atoms with E-state index in [0.29, 0.717) is 38.8 Å². The van der Waals surface area contributed by atoms with Crippen LogP contribution in [-0.4, -0.2) is 57.5 Å². The second-order valence-corrected chi connectivity index (χ2v) is 8.56. The summed E-state index contributed by atoms with van der Waals surface area (Å²) in [4.78, 5) is 16.0. The second-order valence-electron chi connectivity index (χ2n) is 8.15. The molecule has 2 rings (SSSR count). The average Bonchev–Trinajstić information content (AvgIpc) is 2.67. The van der Waals surface area contributed by atoms with Crippen LogP contribution in [-0.2, 0) is 14.9 Å². The molecule has 1 amide bonds. The summed E-state index contributed by atoms with van der Waals surface area (Å²) in [6.07, 6.45) is 1.35. The first kappa shape index (κ1) is 26.8. The summed E-state index contributed by atoms with van der Waals surface area (Å²) in [7, 11) is 1.72.